The van der Waals surface area contributed by atoms with Gasteiger partial charge in [0.05, 0.1) is 0 Å². The molecule has 1 aliphatic rings. The minimum Gasteiger partial charge on any atom is -0.484 e. The summed E-state index contributed by atoms with van der Waals surface area (Å²) in [4.78, 5) is 17.2. The first kappa shape index (κ1) is 26.2. The maximum absolute atomic E-state index is 13.2. The normalized spacial score (nSPS) is 19.8. The fraction of sp³-hybridized carbons (Fsp3) is 0.552. The smallest absolute Gasteiger partial charge is 0.260 e. The SMILES string of the molecule is CC1CN(C(=O)COc2ccc(C(C)(C)CC(C)(C)C)cc2)C(C)CN1Cc1ccc(F)cc1. The van der Waals surface area contributed by atoms with Crippen molar-refractivity contribution in [3.63, 3.8) is 0 Å². The maximum Gasteiger partial charge on any atom is 0.260 e. The van der Waals surface area contributed by atoms with E-state index in [9.17, 15) is 9.18 Å². The molecule has 1 saturated heterocycles. The topological polar surface area (TPSA) is 32.8 Å². The number of piperazine rings is 1. The summed E-state index contributed by atoms with van der Waals surface area (Å²) in [7, 11) is 0. The fourth-order valence-corrected chi connectivity index (χ4v) is 5.25. The molecule has 0 spiro atoms. The van der Waals surface area contributed by atoms with Gasteiger partial charge in [0, 0.05) is 31.7 Å². The van der Waals surface area contributed by atoms with Gasteiger partial charge in [-0.15, -0.1) is 0 Å². The summed E-state index contributed by atoms with van der Waals surface area (Å²) < 4.78 is 19.1. The van der Waals surface area contributed by atoms with Crippen molar-refractivity contribution in [2.75, 3.05) is 19.7 Å². The molecule has 1 aliphatic heterocycles. The van der Waals surface area contributed by atoms with Crippen LogP contribution in [0.5, 0.6) is 5.75 Å². The van der Waals surface area contributed by atoms with Crippen LogP contribution in [-0.2, 0) is 16.8 Å². The van der Waals surface area contributed by atoms with E-state index in [0.29, 0.717) is 6.54 Å². The van der Waals surface area contributed by atoms with Gasteiger partial charge >= 0.3 is 0 Å². The van der Waals surface area contributed by atoms with Crippen LogP contribution in [0.4, 0.5) is 4.39 Å². The van der Waals surface area contributed by atoms with Gasteiger partial charge < -0.3 is 9.64 Å². The summed E-state index contributed by atoms with van der Waals surface area (Å²) in [5.74, 6) is 0.515. The van der Waals surface area contributed by atoms with Gasteiger partial charge in [-0.1, -0.05) is 58.9 Å². The molecule has 0 aromatic heterocycles. The minimum atomic E-state index is -0.219. The number of nitrogens with zero attached hydrogens (tertiary/aromatic N) is 2. The number of carbonyl (C=O) groups is 1. The summed E-state index contributed by atoms with van der Waals surface area (Å²) >= 11 is 0. The Balaban J connectivity index is 1.53. The average molecular weight is 469 g/mol. The second-order valence-corrected chi connectivity index (χ2v) is 11.7. The highest BCUT2D eigenvalue weighted by molar-refractivity contribution is 5.78. The van der Waals surface area contributed by atoms with Crippen molar-refractivity contribution in [2.24, 2.45) is 5.41 Å². The molecule has 1 heterocycles. The highest BCUT2D eigenvalue weighted by Crippen LogP contribution is 2.36. The first-order chi connectivity index (χ1) is 15.8. The van der Waals surface area contributed by atoms with Gasteiger partial charge in [-0.25, -0.2) is 4.39 Å². The van der Waals surface area contributed by atoms with E-state index in [1.54, 1.807) is 0 Å². The molecular formula is C29H41FN2O2. The van der Waals surface area contributed by atoms with Crippen LogP contribution in [0, 0.1) is 11.2 Å². The molecule has 2 atom stereocenters. The van der Waals surface area contributed by atoms with E-state index in [1.165, 1.54) is 17.7 Å². The molecule has 0 radical (unpaired) electrons. The van der Waals surface area contributed by atoms with Crippen molar-refractivity contribution in [2.45, 2.75) is 78.9 Å². The van der Waals surface area contributed by atoms with E-state index < -0.39 is 0 Å². The second-order valence-electron chi connectivity index (χ2n) is 11.7. The third-order valence-corrected chi connectivity index (χ3v) is 6.70. The number of amides is 1. The van der Waals surface area contributed by atoms with Gasteiger partial charge in [0.25, 0.3) is 5.91 Å². The molecule has 0 N–H and O–H groups in total. The molecule has 5 heteroatoms. The monoisotopic (exact) mass is 468 g/mol. The third kappa shape index (κ3) is 7.05. The molecule has 186 valence electrons. The third-order valence-electron chi connectivity index (χ3n) is 6.70. The lowest BCUT2D eigenvalue weighted by atomic mass is 9.72. The van der Waals surface area contributed by atoms with E-state index in [2.05, 4.69) is 65.5 Å². The summed E-state index contributed by atoms with van der Waals surface area (Å²) in [6.45, 7) is 17.8. The predicted molar refractivity (Wildman–Crippen MR) is 136 cm³/mol. The van der Waals surface area contributed by atoms with Crippen LogP contribution >= 0.6 is 0 Å². The molecule has 0 bridgehead atoms. The average Bonchev–Trinajstić information content (AvgIpc) is 2.74. The summed E-state index contributed by atoms with van der Waals surface area (Å²) in [5, 5.41) is 0. The zero-order valence-corrected chi connectivity index (χ0v) is 21.9. The van der Waals surface area contributed by atoms with Crippen molar-refractivity contribution < 1.29 is 13.9 Å². The van der Waals surface area contributed by atoms with E-state index in [-0.39, 0.29) is 41.2 Å². The standard InChI is InChI=1S/C29H41FN2O2/c1-21-17-32(22(2)16-31(21)18-23-8-12-25(30)13-9-23)27(33)19-34-26-14-10-24(11-15-26)29(6,7)20-28(3,4)5/h8-15,21-22H,16-20H2,1-7H3. The van der Waals surface area contributed by atoms with Crippen LogP contribution in [0.1, 0.15) is 66.0 Å². The Bertz CT molecular complexity index is 948. The Morgan fingerprint density at radius 3 is 2.15 bits per heavy atom. The van der Waals surface area contributed by atoms with Gasteiger partial charge in [-0.2, -0.15) is 0 Å². The predicted octanol–water partition coefficient (Wildman–Crippen LogP) is 6.04. The van der Waals surface area contributed by atoms with Gasteiger partial charge in [0.2, 0.25) is 0 Å². The summed E-state index contributed by atoms with van der Waals surface area (Å²) in [6.07, 6.45) is 1.09. The van der Waals surface area contributed by atoms with Crippen LogP contribution in [-0.4, -0.2) is 47.5 Å². The van der Waals surface area contributed by atoms with Crippen LogP contribution in [0.2, 0.25) is 0 Å². The lowest BCUT2D eigenvalue weighted by molar-refractivity contribution is -0.139. The molecule has 0 saturated carbocycles. The largest absolute Gasteiger partial charge is 0.484 e. The first-order valence-electron chi connectivity index (χ1n) is 12.4. The van der Waals surface area contributed by atoms with Crippen molar-refractivity contribution in [1.82, 2.24) is 9.80 Å². The van der Waals surface area contributed by atoms with E-state index in [4.69, 9.17) is 4.74 Å². The Morgan fingerprint density at radius 2 is 1.56 bits per heavy atom. The number of benzene rings is 2. The van der Waals surface area contributed by atoms with E-state index in [1.807, 2.05) is 29.2 Å². The molecule has 4 nitrogen and oxygen atoms in total. The quantitative estimate of drug-likeness (QED) is 0.497. The number of rotatable bonds is 7. The Hall–Kier alpha value is -2.40. The Morgan fingerprint density at radius 1 is 0.941 bits per heavy atom. The molecule has 0 aliphatic carbocycles. The van der Waals surface area contributed by atoms with Gasteiger partial charge in [-0.3, -0.25) is 9.69 Å². The van der Waals surface area contributed by atoms with Crippen molar-refractivity contribution in [3.05, 3.63) is 65.5 Å². The maximum atomic E-state index is 13.2. The van der Waals surface area contributed by atoms with Crippen LogP contribution in [0.3, 0.4) is 0 Å². The number of carbonyl (C=O) groups excluding carboxylic acids is 1. The highest BCUT2D eigenvalue weighted by Gasteiger charge is 2.32. The zero-order valence-electron chi connectivity index (χ0n) is 21.9. The number of hydrogen-bond donors (Lipinski definition) is 0. The molecule has 1 amide bonds. The van der Waals surface area contributed by atoms with E-state index in [0.717, 1.165) is 30.8 Å². The lowest BCUT2D eigenvalue weighted by Crippen LogP contribution is -2.58. The highest BCUT2D eigenvalue weighted by atomic mass is 19.1. The molecule has 2 unspecified atom stereocenters. The molecular weight excluding hydrogens is 427 g/mol. The van der Waals surface area contributed by atoms with Gasteiger partial charge in [-0.05, 0) is 66.5 Å². The molecule has 1 fully saturated rings. The molecule has 2 aromatic rings. The first-order valence-corrected chi connectivity index (χ1v) is 12.4. The van der Waals surface area contributed by atoms with E-state index >= 15 is 0 Å². The minimum absolute atomic E-state index is 0.0120. The lowest BCUT2D eigenvalue weighted by Gasteiger charge is -2.44. The number of hydrogen-bond acceptors (Lipinski definition) is 3. The van der Waals surface area contributed by atoms with Crippen LogP contribution in [0.15, 0.2) is 48.5 Å². The van der Waals surface area contributed by atoms with Crippen LogP contribution in [0.25, 0.3) is 0 Å². The zero-order chi connectivity index (χ0) is 25.1. The Labute approximate surface area is 205 Å². The van der Waals surface area contributed by atoms with Crippen LogP contribution < -0.4 is 4.74 Å². The van der Waals surface area contributed by atoms with Crippen molar-refractivity contribution >= 4 is 5.91 Å². The van der Waals surface area contributed by atoms with Crippen molar-refractivity contribution in [3.8, 4) is 5.75 Å². The number of halogens is 1. The summed E-state index contributed by atoms with van der Waals surface area (Å²) in [6, 6.07) is 15.1. The fourth-order valence-electron chi connectivity index (χ4n) is 5.25. The molecule has 3 rings (SSSR count). The number of ether oxygens (including phenoxy) is 1. The molecule has 34 heavy (non-hydrogen) atoms. The Kier molecular flexibility index (Phi) is 8.07. The van der Waals surface area contributed by atoms with Crippen molar-refractivity contribution in [1.29, 1.82) is 0 Å². The van der Waals surface area contributed by atoms with Gasteiger partial charge in [0.1, 0.15) is 11.6 Å². The summed E-state index contributed by atoms with van der Waals surface area (Å²) in [5.41, 5.74) is 2.69. The second kappa shape index (κ2) is 10.5. The molecule has 2 aromatic carbocycles. The van der Waals surface area contributed by atoms with Gasteiger partial charge in [0.15, 0.2) is 6.61 Å².